The summed E-state index contributed by atoms with van der Waals surface area (Å²) < 4.78 is 0. The molecule has 7 nitrogen and oxygen atoms in total. The standard InChI is InChI=1S/C10H10ClN3O4/c11-5-1-2-6(7(3-5)10(17)18)9(16)8(15)4-13-14-12/h1-3,8-9,15-16H,4H2,(H,17,18). The molecule has 0 fully saturated rings. The molecular weight excluding hydrogens is 262 g/mol. The number of carboxylic acids is 1. The minimum atomic E-state index is -1.47. The summed E-state index contributed by atoms with van der Waals surface area (Å²) in [5.41, 5.74) is 7.89. The van der Waals surface area contributed by atoms with Crippen molar-refractivity contribution in [2.75, 3.05) is 6.54 Å². The summed E-state index contributed by atoms with van der Waals surface area (Å²) >= 11 is 5.65. The van der Waals surface area contributed by atoms with Crippen molar-refractivity contribution in [1.29, 1.82) is 0 Å². The van der Waals surface area contributed by atoms with Gasteiger partial charge in [0.2, 0.25) is 0 Å². The van der Waals surface area contributed by atoms with E-state index in [4.69, 9.17) is 22.2 Å². The fraction of sp³-hybridized carbons (Fsp3) is 0.300. The topological polar surface area (TPSA) is 127 Å². The van der Waals surface area contributed by atoms with Crippen LogP contribution in [0.15, 0.2) is 23.3 Å². The van der Waals surface area contributed by atoms with Gasteiger partial charge in [0.15, 0.2) is 0 Å². The number of aliphatic hydroxyl groups is 2. The van der Waals surface area contributed by atoms with E-state index in [0.29, 0.717) is 0 Å². The number of aromatic carboxylic acids is 1. The summed E-state index contributed by atoms with van der Waals surface area (Å²) in [6.07, 6.45) is -2.86. The number of hydrogen-bond acceptors (Lipinski definition) is 4. The molecule has 0 heterocycles. The van der Waals surface area contributed by atoms with E-state index in [2.05, 4.69) is 10.0 Å². The molecule has 1 aromatic carbocycles. The Bertz CT molecular complexity index is 502. The Kier molecular flexibility index (Phi) is 4.94. The number of halogens is 1. The molecule has 0 aliphatic rings. The second-order valence-corrected chi connectivity index (χ2v) is 3.90. The van der Waals surface area contributed by atoms with Crippen LogP contribution < -0.4 is 0 Å². The average molecular weight is 272 g/mol. The Morgan fingerprint density at radius 3 is 2.72 bits per heavy atom. The lowest BCUT2D eigenvalue weighted by Crippen LogP contribution is -2.23. The molecule has 0 radical (unpaired) electrons. The molecule has 0 saturated carbocycles. The normalized spacial score (nSPS) is 13.5. The predicted molar refractivity (Wildman–Crippen MR) is 63.4 cm³/mol. The van der Waals surface area contributed by atoms with Crippen molar-refractivity contribution in [3.63, 3.8) is 0 Å². The van der Waals surface area contributed by atoms with Gasteiger partial charge in [-0.2, -0.15) is 0 Å². The molecule has 1 aromatic rings. The van der Waals surface area contributed by atoms with Crippen molar-refractivity contribution in [1.82, 2.24) is 0 Å². The summed E-state index contributed by atoms with van der Waals surface area (Å²) in [5.74, 6) is -1.28. The van der Waals surface area contributed by atoms with E-state index in [0.717, 1.165) is 0 Å². The summed E-state index contributed by atoms with van der Waals surface area (Å²) in [6, 6.07) is 3.87. The van der Waals surface area contributed by atoms with Crippen molar-refractivity contribution in [2.24, 2.45) is 5.11 Å². The summed E-state index contributed by atoms with van der Waals surface area (Å²) in [7, 11) is 0. The van der Waals surface area contributed by atoms with Crippen LogP contribution in [-0.4, -0.2) is 33.9 Å². The highest BCUT2D eigenvalue weighted by Gasteiger charge is 2.23. The third kappa shape index (κ3) is 3.35. The van der Waals surface area contributed by atoms with E-state index in [1.54, 1.807) is 0 Å². The Labute approximate surface area is 107 Å². The molecule has 0 aromatic heterocycles. The monoisotopic (exact) mass is 271 g/mol. The summed E-state index contributed by atoms with van der Waals surface area (Å²) in [5, 5.41) is 31.6. The number of carboxylic acid groups (broad SMARTS) is 1. The van der Waals surface area contributed by atoms with Crippen molar-refractivity contribution >= 4 is 17.6 Å². The van der Waals surface area contributed by atoms with Gasteiger partial charge < -0.3 is 15.3 Å². The Hall–Kier alpha value is -1.79. The maximum Gasteiger partial charge on any atom is 0.336 e. The zero-order chi connectivity index (χ0) is 13.7. The van der Waals surface area contributed by atoms with Crippen LogP contribution in [0, 0.1) is 0 Å². The first kappa shape index (κ1) is 14.3. The Morgan fingerprint density at radius 1 is 1.50 bits per heavy atom. The first-order valence-corrected chi connectivity index (χ1v) is 5.25. The van der Waals surface area contributed by atoms with Crippen molar-refractivity contribution < 1.29 is 20.1 Å². The van der Waals surface area contributed by atoms with Crippen LogP contribution in [0.5, 0.6) is 0 Å². The van der Waals surface area contributed by atoms with Gasteiger partial charge in [0.25, 0.3) is 0 Å². The smallest absolute Gasteiger partial charge is 0.336 e. The molecule has 0 bridgehead atoms. The van der Waals surface area contributed by atoms with E-state index in [-0.39, 0.29) is 22.7 Å². The molecule has 18 heavy (non-hydrogen) atoms. The highest BCUT2D eigenvalue weighted by atomic mass is 35.5. The van der Waals surface area contributed by atoms with Gasteiger partial charge in [-0.15, -0.1) is 0 Å². The summed E-state index contributed by atoms with van der Waals surface area (Å²) in [6.45, 7) is -0.362. The van der Waals surface area contributed by atoms with Gasteiger partial charge in [-0.3, -0.25) is 0 Å². The quantitative estimate of drug-likeness (QED) is 0.428. The van der Waals surface area contributed by atoms with Crippen LogP contribution in [0.1, 0.15) is 22.0 Å². The molecule has 0 spiro atoms. The first-order chi connectivity index (χ1) is 8.47. The van der Waals surface area contributed by atoms with Gasteiger partial charge in [0, 0.05) is 9.93 Å². The van der Waals surface area contributed by atoms with Crippen LogP contribution in [-0.2, 0) is 0 Å². The molecule has 0 aliphatic carbocycles. The minimum absolute atomic E-state index is 0.00698. The van der Waals surface area contributed by atoms with Crippen LogP contribution in [0.2, 0.25) is 5.02 Å². The van der Waals surface area contributed by atoms with Gasteiger partial charge in [0.05, 0.1) is 18.2 Å². The molecule has 0 amide bonds. The van der Waals surface area contributed by atoms with Crippen molar-refractivity contribution in [3.05, 3.63) is 44.8 Å². The second kappa shape index (κ2) is 6.23. The first-order valence-electron chi connectivity index (χ1n) is 4.87. The molecule has 0 saturated heterocycles. The Balaban J connectivity index is 3.08. The maximum absolute atomic E-state index is 11.0. The predicted octanol–water partition coefficient (Wildman–Crippen LogP) is 1.74. The maximum atomic E-state index is 11.0. The number of carbonyl (C=O) groups is 1. The number of nitrogens with zero attached hydrogens (tertiary/aromatic N) is 3. The van der Waals surface area contributed by atoms with Gasteiger partial charge in [-0.25, -0.2) is 4.79 Å². The van der Waals surface area contributed by atoms with Gasteiger partial charge in [-0.05, 0) is 23.2 Å². The lowest BCUT2D eigenvalue weighted by Gasteiger charge is -2.18. The SMILES string of the molecule is [N-]=[N+]=NCC(O)C(O)c1ccc(Cl)cc1C(=O)O. The molecule has 3 N–H and O–H groups in total. The fourth-order valence-corrected chi connectivity index (χ4v) is 1.57. The molecule has 2 unspecified atom stereocenters. The van der Waals surface area contributed by atoms with Gasteiger partial charge in [0.1, 0.15) is 6.10 Å². The van der Waals surface area contributed by atoms with E-state index in [1.807, 2.05) is 0 Å². The molecular formula is C10H10ClN3O4. The zero-order valence-corrected chi connectivity index (χ0v) is 9.82. The molecule has 2 atom stereocenters. The van der Waals surface area contributed by atoms with Crippen LogP contribution in [0.3, 0.4) is 0 Å². The zero-order valence-electron chi connectivity index (χ0n) is 9.06. The highest BCUT2D eigenvalue weighted by Crippen LogP contribution is 2.24. The lowest BCUT2D eigenvalue weighted by molar-refractivity contribution is 0.0232. The van der Waals surface area contributed by atoms with E-state index in [9.17, 15) is 15.0 Å². The van der Waals surface area contributed by atoms with E-state index in [1.165, 1.54) is 18.2 Å². The second-order valence-electron chi connectivity index (χ2n) is 3.46. The molecule has 0 aliphatic heterocycles. The van der Waals surface area contributed by atoms with Crippen molar-refractivity contribution in [3.8, 4) is 0 Å². The number of benzene rings is 1. The van der Waals surface area contributed by atoms with Crippen LogP contribution in [0.25, 0.3) is 10.4 Å². The summed E-state index contributed by atoms with van der Waals surface area (Å²) in [4.78, 5) is 13.4. The fourth-order valence-electron chi connectivity index (χ4n) is 1.40. The van der Waals surface area contributed by atoms with Crippen molar-refractivity contribution in [2.45, 2.75) is 12.2 Å². The number of azide groups is 1. The third-order valence-electron chi connectivity index (χ3n) is 2.26. The lowest BCUT2D eigenvalue weighted by atomic mass is 9.98. The van der Waals surface area contributed by atoms with Gasteiger partial charge in [-0.1, -0.05) is 22.8 Å². The van der Waals surface area contributed by atoms with Crippen LogP contribution in [0.4, 0.5) is 0 Å². The largest absolute Gasteiger partial charge is 0.478 e. The number of rotatable bonds is 5. The molecule has 96 valence electrons. The average Bonchev–Trinajstić information content (AvgIpc) is 2.34. The van der Waals surface area contributed by atoms with E-state index >= 15 is 0 Å². The third-order valence-corrected chi connectivity index (χ3v) is 2.50. The highest BCUT2D eigenvalue weighted by molar-refractivity contribution is 6.30. The van der Waals surface area contributed by atoms with Crippen LogP contribution >= 0.6 is 11.6 Å². The molecule has 1 rings (SSSR count). The van der Waals surface area contributed by atoms with E-state index < -0.39 is 18.2 Å². The minimum Gasteiger partial charge on any atom is -0.478 e. The molecule has 8 heteroatoms. The van der Waals surface area contributed by atoms with Gasteiger partial charge >= 0.3 is 5.97 Å². The number of hydrogen-bond donors (Lipinski definition) is 3. The Morgan fingerprint density at radius 2 is 2.17 bits per heavy atom. The number of aliphatic hydroxyl groups excluding tert-OH is 2.